The number of para-hydroxylation sites is 2. The van der Waals surface area contributed by atoms with Crippen molar-refractivity contribution in [1.29, 1.82) is 0 Å². The fourth-order valence-corrected chi connectivity index (χ4v) is 9.61. The van der Waals surface area contributed by atoms with E-state index in [0.29, 0.717) is 47.0 Å². The number of methoxy groups -OCH3 is 1. The molecule has 0 aliphatic heterocycles. The van der Waals surface area contributed by atoms with E-state index in [1.54, 1.807) is 30.2 Å². The van der Waals surface area contributed by atoms with Crippen molar-refractivity contribution in [3.63, 3.8) is 0 Å². The Bertz CT molecular complexity index is 1610. The van der Waals surface area contributed by atoms with Crippen LogP contribution in [0.15, 0.2) is 64.6 Å². The van der Waals surface area contributed by atoms with Crippen LogP contribution in [0.25, 0.3) is 11.0 Å². The van der Waals surface area contributed by atoms with Crippen LogP contribution in [-0.4, -0.2) is 72.0 Å². The lowest BCUT2D eigenvalue weighted by molar-refractivity contribution is -0.118. The van der Waals surface area contributed by atoms with Crippen molar-refractivity contribution in [2.45, 2.75) is 63.2 Å². The number of amides is 2. The fraction of sp³-hybridized carbons (Fsp3) is 0.500. The van der Waals surface area contributed by atoms with E-state index in [-0.39, 0.29) is 42.6 Å². The molecule has 10 heteroatoms. The van der Waals surface area contributed by atoms with Gasteiger partial charge >= 0.3 is 0 Å². The third-order valence-corrected chi connectivity index (χ3v) is 11.5. The number of carbonyl (C=O) groups is 2. The maximum atomic E-state index is 14.7. The summed E-state index contributed by atoms with van der Waals surface area (Å²) >= 11 is 2.19. The highest BCUT2D eigenvalue weighted by atomic mass is 127. The molecule has 244 valence electrons. The number of carbonyl (C=O) groups excluding carboxylic acids is 2. The molecule has 0 saturated heterocycles. The van der Waals surface area contributed by atoms with Crippen LogP contribution in [0.3, 0.4) is 0 Å². The molecule has 3 N–H and O–H groups in total. The summed E-state index contributed by atoms with van der Waals surface area (Å²) in [6.45, 7) is 0.383. The number of aliphatic hydroxyl groups excluding tert-OH is 2. The number of halogens is 1. The minimum absolute atomic E-state index is 0.0422. The summed E-state index contributed by atoms with van der Waals surface area (Å²) in [5.41, 5.74) is 0.866. The van der Waals surface area contributed by atoms with Crippen LogP contribution >= 0.6 is 22.6 Å². The Morgan fingerprint density at radius 3 is 2.41 bits per heavy atom. The van der Waals surface area contributed by atoms with Gasteiger partial charge in [0.25, 0.3) is 5.91 Å². The fourth-order valence-electron chi connectivity index (χ4n) is 9.10. The van der Waals surface area contributed by atoms with E-state index in [1.807, 2.05) is 36.4 Å². The summed E-state index contributed by atoms with van der Waals surface area (Å²) in [5.74, 6) is 2.65. The lowest BCUT2D eigenvalue weighted by atomic mass is 9.49. The van der Waals surface area contributed by atoms with Crippen molar-refractivity contribution >= 4 is 45.4 Å². The molecule has 1 aromatic heterocycles. The van der Waals surface area contributed by atoms with Crippen LogP contribution in [-0.2, 0) is 4.79 Å². The number of rotatable bonds is 10. The van der Waals surface area contributed by atoms with Crippen LogP contribution in [0, 0.1) is 26.7 Å². The molecule has 46 heavy (non-hydrogen) atoms. The Hall–Kier alpha value is -3.09. The minimum Gasteiger partial charge on any atom is -0.493 e. The minimum atomic E-state index is -1.11. The maximum Gasteiger partial charge on any atom is 0.289 e. The molecule has 2 amide bonds. The molecular formula is C36H41IN2O7. The third-order valence-electron chi connectivity index (χ3n) is 10.6. The molecule has 3 unspecified atom stereocenters. The molecule has 1 heterocycles. The van der Waals surface area contributed by atoms with Crippen molar-refractivity contribution in [3.8, 4) is 11.5 Å². The Balaban J connectivity index is 1.28. The third kappa shape index (κ3) is 6.04. The van der Waals surface area contributed by atoms with E-state index < -0.39 is 18.2 Å². The average molecular weight is 741 g/mol. The van der Waals surface area contributed by atoms with Gasteiger partial charge in [0.1, 0.15) is 18.0 Å². The first-order valence-corrected chi connectivity index (χ1v) is 17.4. The lowest BCUT2D eigenvalue weighted by Crippen LogP contribution is -2.59. The molecule has 3 atom stereocenters. The molecule has 0 radical (unpaired) electrons. The molecule has 5 aliphatic rings. The molecular weight excluding hydrogens is 699 g/mol. The van der Waals surface area contributed by atoms with Gasteiger partial charge in [0, 0.05) is 30.5 Å². The molecule has 4 fully saturated rings. The van der Waals surface area contributed by atoms with Gasteiger partial charge in [-0.2, -0.15) is 0 Å². The van der Waals surface area contributed by atoms with Gasteiger partial charge in [0.05, 0.1) is 23.3 Å². The predicted octanol–water partition coefficient (Wildman–Crippen LogP) is 5.32. The highest BCUT2D eigenvalue weighted by Crippen LogP contribution is 2.60. The van der Waals surface area contributed by atoms with E-state index in [0.717, 1.165) is 28.2 Å². The van der Waals surface area contributed by atoms with E-state index in [9.17, 15) is 19.8 Å². The second-order valence-electron chi connectivity index (χ2n) is 13.8. The number of nitrogens with one attached hydrogen (secondary N) is 1. The Morgan fingerprint density at radius 2 is 1.74 bits per heavy atom. The van der Waals surface area contributed by atoms with Crippen molar-refractivity contribution in [2.75, 3.05) is 26.8 Å². The number of aliphatic hydroxyl groups is 2. The van der Waals surface area contributed by atoms with Gasteiger partial charge < -0.3 is 34.3 Å². The normalized spacial score (nSPS) is 29.8. The van der Waals surface area contributed by atoms with Crippen molar-refractivity contribution in [2.24, 2.45) is 23.2 Å². The zero-order valence-electron chi connectivity index (χ0n) is 26.0. The van der Waals surface area contributed by atoms with Crippen LogP contribution in [0.2, 0.25) is 0 Å². The maximum absolute atomic E-state index is 14.7. The number of hydrogen-bond donors (Lipinski definition) is 3. The van der Waals surface area contributed by atoms with Gasteiger partial charge in [-0.25, -0.2) is 0 Å². The van der Waals surface area contributed by atoms with Crippen LogP contribution in [0.4, 0.5) is 0 Å². The van der Waals surface area contributed by atoms with Crippen molar-refractivity contribution in [3.05, 3.63) is 69.5 Å². The monoisotopic (exact) mass is 740 g/mol. The van der Waals surface area contributed by atoms with Crippen LogP contribution < -0.4 is 14.8 Å². The largest absolute Gasteiger partial charge is 0.493 e. The molecule has 4 bridgehead atoms. The molecule has 0 spiro atoms. The molecule has 4 saturated carbocycles. The first-order valence-electron chi connectivity index (χ1n) is 16.3. The summed E-state index contributed by atoms with van der Waals surface area (Å²) in [6.07, 6.45) is 6.84. The highest BCUT2D eigenvalue weighted by molar-refractivity contribution is 14.1. The summed E-state index contributed by atoms with van der Waals surface area (Å²) in [6, 6.07) is 14.1. The number of furan rings is 1. The van der Waals surface area contributed by atoms with E-state index in [4.69, 9.17) is 13.9 Å². The van der Waals surface area contributed by atoms with E-state index in [2.05, 4.69) is 27.9 Å². The summed E-state index contributed by atoms with van der Waals surface area (Å²) in [7, 11) is 1.57. The van der Waals surface area contributed by atoms with Crippen LogP contribution in [0.5, 0.6) is 11.5 Å². The molecule has 3 aromatic rings. The number of ether oxygens (including phenoxy) is 2. The number of hydrogen-bond acceptors (Lipinski definition) is 7. The number of nitrogens with zero attached hydrogens (tertiary/aromatic N) is 1. The number of fused-ring (bicyclic) bond motifs is 1. The van der Waals surface area contributed by atoms with Gasteiger partial charge in [-0.1, -0.05) is 24.3 Å². The Kier molecular flexibility index (Phi) is 8.79. The zero-order chi connectivity index (χ0) is 32.0. The second-order valence-corrected chi connectivity index (χ2v) is 14.9. The van der Waals surface area contributed by atoms with Crippen molar-refractivity contribution in [1.82, 2.24) is 10.2 Å². The van der Waals surface area contributed by atoms with Gasteiger partial charge in [-0.15, -0.1) is 0 Å². The van der Waals surface area contributed by atoms with Crippen LogP contribution in [0.1, 0.15) is 55.5 Å². The standard InChI is InChI=1S/C36H41IN2O7/c1-44-29-8-4-5-24-15-31(46-33(24)29)35(43)39(20-36-17-21-11-22(18-36)13-23(12-21)19-36)27-14-25(34(42)38-9-10-40)16-30(32(27)41)45-28-7-3-2-6-26(28)37/h2-8,15-16,21-23,27,30,32,40-41H,9-14,17-20H2,1H3,(H,38,42). The quantitative estimate of drug-likeness (QED) is 0.241. The Morgan fingerprint density at radius 1 is 1.04 bits per heavy atom. The second kappa shape index (κ2) is 12.8. The Labute approximate surface area is 282 Å². The SMILES string of the molecule is COc1cccc2cc(C(=O)N(CC34CC5CC(CC(C5)C3)C4)C3CC(C(=O)NCCO)=CC(Oc4ccccc4I)C3O)oc12. The predicted molar refractivity (Wildman–Crippen MR) is 181 cm³/mol. The summed E-state index contributed by atoms with van der Waals surface area (Å²) in [5, 5.41) is 25.0. The average Bonchev–Trinajstić information content (AvgIpc) is 3.48. The van der Waals surface area contributed by atoms with Gasteiger partial charge in [-0.05, 0) is 115 Å². The van der Waals surface area contributed by atoms with Gasteiger partial charge in [-0.3, -0.25) is 9.59 Å². The number of benzene rings is 2. The highest BCUT2D eigenvalue weighted by Gasteiger charge is 2.53. The smallest absolute Gasteiger partial charge is 0.289 e. The molecule has 8 rings (SSSR count). The molecule has 9 nitrogen and oxygen atoms in total. The first kappa shape index (κ1) is 31.5. The molecule has 2 aromatic carbocycles. The van der Waals surface area contributed by atoms with Gasteiger partial charge in [0.2, 0.25) is 5.91 Å². The first-order chi connectivity index (χ1) is 22.3. The van der Waals surface area contributed by atoms with E-state index >= 15 is 0 Å². The zero-order valence-corrected chi connectivity index (χ0v) is 28.1. The topological polar surface area (TPSA) is 121 Å². The van der Waals surface area contributed by atoms with Crippen molar-refractivity contribution < 1.29 is 33.7 Å². The van der Waals surface area contributed by atoms with E-state index in [1.165, 1.54) is 19.3 Å². The lowest BCUT2D eigenvalue weighted by Gasteiger charge is -2.58. The summed E-state index contributed by atoms with van der Waals surface area (Å²) in [4.78, 5) is 29.9. The summed E-state index contributed by atoms with van der Waals surface area (Å²) < 4.78 is 19.0. The molecule has 5 aliphatic carbocycles. The van der Waals surface area contributed by atoms with Gasteiger partial charge in [0.15, 0.2) is 17.1 Å².